The van der Waals surface area contributed by atoms with E-state index in [1.54, 1.807) is 24.3 Å². The Morgan fingerprint density at radius 1 is 1.07 bits per heavy atom. The lowest BCUT2D eigenvalue weighted by atomic mass is 10.1. The van der Waals surface area contributed by atoms with E-state index in [9.17, 15) is 18.4 Å². The molecule has 0 bridgehead atoms. The third-order valence-electron chi connectivity index (χ3n) is 4.09. The molecule has 0 radical (unpaired) electrons. The molecule has 5 N–H and O–H groups in total. The van der Waals surface area contributed by atoms with Crippen molar-refractivity contribution < 1.29 is 18.0 Å². The van der Waals surface area contributed by atoms with Crippen LogP contribution in [0.5, 0.6) is 0 Å². The number of hydrogen-bond donors (Lipinski definition) is 4. The summed E-state index contributed by atoms with van der Waals surface area (Å²) in [6.07, 6.45) is 0. The van der Waals surface area contributed by atoms with Crippen molar-refractivity contribution in [3.63, 3.8) is 0 Å². The van der Waals surface area contributed by atoms with Crippen molar-refractivity contribution in [1.82, 2.24) is 15.2 Å². The van der Waals surface area contributed by atoms with Gasteiger partial charge in [0, 0.05) is 11.8 Å². The highest BCUT2D eigenvalue weighted by Gasteiger charge is 2.23. The maximum absolute atomic E-state index is 14.0. The van der Waals surface area contributed by atoms with Crippen molar-refractivity contribution in [1.29, 1.82) is 0 Å². The number of aromatic amines is 2. The lowest BCUT2D eigenvalue weighted by Crippen LogP contribution is -2.13. The first-order valence-corrected chi connectivity index (χ1v) is 8.32. The third kappa shape index (κ3) is 3.50. The number of nitrogens with zero attached hydrogens (tertiary/aromatic N) is 1. The number of carbonyl (C=O) groups excluding carboxylic acids is 1. The number of primary amides is 1. The Morgan fingerprint density at radius 3 is 2.34 bits per heavy atom. The molecule has 146 valence electrons. The number of amides is 1. The van der Waals surface area contributed by atoms with Gasteiger partial charge in [-0.15, -0.1) is 0 Å². The predicted octanol–water partition coefficient (Wildman–Crippen LogP) is 3.15. The van der Waals surface area contributed by atoms with Crippen LogP contribution in [0.25, 0.3) is 22.7 Å². The number of oxazole rings is 1. The van der Waals surface area contributed by atoms with E-state index in [0.717, 1.165) is 17.7 Å². The molecular formula is C19H13F2N5O3. The fourth-order valence-corrected chi connectivity index (χ4v) is 2.73. The molecule has 0 atom stereocenters. The topological polar surface area (TPSA) is 130 Å². The second kappa shape index (κ2) is 7.08. The standard InChI is InChI=1S/C19H13F2N5O3/c20-11-2-1-3-12(21)15(11)18-24-16(17(22)28)19(29-18)23-10-6-4-9(5-7-10)13-8-14(27)26-25-13/h1-8,23H,(H2,22,28)(H2,25,26,27). The summed E-state index contributed by atoms with van der Waals surface area (Å²) >= 11 is 0. The second-order valence-electron chi connectivity index (χ2n) is 6.03. The van der Waals surface area contributed by atoms with Crippen LogP contribution in [0.15, 0.2) is 57.7 Å². The minimum atomic E-state index is -0.930. The van der Waals surface area contributed by atoms with E-state index in [1.165, 1.54) is 12.1 Å². The number of halogens is 2. The Kier molecular flexibility index (Phi) is 4.43. The monoisotopic (exact) mass is 397 g/mol. The van der Waals surface area contributed by atoms with Gasteiger partial charge >= 0.3 is 0 Å². The lowest BCUT2D eigenvalue weighted by molar-refractivity contribution is 0.0996. The van der Waals surface area contributed by atoms with Gasteiger partial charge in [0.15, 0.2) is 5.69 Å². The molecule has 8 nitrogen and oxygen atoms in total. The van der Waals surface area contributed by atoms with Crippen molar-refractivity contribution in [3.8, 4) is 22.7 Å². The maximum Gasteiger partial charge on any atom is 0.273 e. The number of anilines is 2. The van der Waals surface area contributed by atoms with Crippen LogP contribution in [0.2, 0.25) is 0 Å². The zero-order chi connectivity index (χ0) is 20.5. The second-order valence-corrected chi connectivity index (χ2v) is 6.03. The molecule has 2 aromatic carbocycles. The van der Waals surface area contributed by atoms with Crippen molar-refractivity contribution in [2.45, 2.75) is 0 Å². The van der Waals surface area contributed by atoms with Crippen molar-refractivity contribution >= 4 is 17.5 Å². The van der Waals surface area contributed by atoms with E-state index in [0.29, 0.717) is 11.4 Å². The number of carbonyl (C=O) groups is 1. The Balaban J connectivity index is 1.67. The molecule has 1 amide bonds. The van der Waals surface area contributed by atoms with Gasteiger partial charge in [-0.25, -0.2) is 13.8 Å². The summed E-state index contributed by atoms with van der Waals surface area (Å²) in [6.45, 7) is 0. The van der Waals surface area contributed by atoms with Crippen molar-refractivity contribution in [3.05, 3.63) is 76.2 Å². The Morgan fingerprint density at radius 2 is 1.76 bits per heavy atom. The minimum Gasteiger partial charge on any atom is -0.419 e. The quantitative estimate of drug-likeness (QED) is 0.411. The van der Waals surface area contributed by atoms with Gasteiger partial charge in [-0.3, -0.25) is 19.8 Å². The highest BCUT2D eigenvalue weighted by Crippen LogP contribution is 2.31. The van der Waals surface area contributed by atoms with Gasteiger partial charge in [0.05, 0.1) is 5.69 Å². The summed E-state index contributed by atoms with van der Waals surface area (Å²) in [4.78, 5) is 26.8. The molecule has 0 aliphatic rings. The molecule has 0 spiro atoms. The number of benzene rings is 2. The van der Waals surface area contributed by atoms with E-state index in [-0.39, 0.29) is 17.1 Å². The van der Waals surface area contributed by atoms with E-state index < -0.39 is 29.0 Å². The van der Waals surface area contributed by atoms with Crippen LogP contribution in [0.4, 0.5) is 20.4 Å². The summed E-state index contributed by atoms with van der Waals surface area (Å²) in [5.41, 5.74) is 6.06. The third-order valence-corrected chi connectivity index (χ3v) is 4.09. The summed E-state index contributed by atoms with van der Waals surface area (Å²) < 4.78 is 33.4. The van der Waals surface area contributed by atoms with Crippen LogP contribution in [-0.4, -0.2) is 21.1 Å². The molecule has 2 aromatic heterocycles. The zero-order valence-electron chi connectivity index (χ0n) is 14.6. The van der Waals surface area contributed by atoms with E-state index in [4.69, 9.17) is 10.2 Å². The van der Waals surface area contributed by atoms with Gasteiger partial charge in [-0.05, 0) is 29.8 Å². The van der Waals surface area contributed by atoms with Gasteiger partial charge in [-0.2, -0.15) is 0 Å². The molecule has 0 saturated carbocycles. The molecule has 29 heavy (non-hydrogen) atoms. The molecule has 0 unspecified atom stereocenters. The first-order valence-electron chi connectivity index (χ1n) is 8.32. The van der Waals surface area contributed by atoms with E-state index in [2.05, 4.69) is 20.5 Å². The highest BCUT2D eigenvalue weighted by atomic mass is 19.1. The molecule has 0 aliphatic heterocycles. The van der Waals surface area contributed by atoms with Gasteiger partial charge in [0.25, 0.3) is 11.5 Å². The first kappa shape index (κ1) is 18.2. The molecule has 10 heteroatoms. The number of H-pyrrole nitrogens is 2. The van der Waals surface area contributed by atoms with Crippen molar-refractivity contribution in [2.75, 3.05) is 5.32 Å². The average molecular weight is 397 g/mol. The van der Waals surface area contributed by atoms with Gasteiger partial charge in [-0.1, -0.05) is 18.2 Å². The van der Waals surface area contributed by atoms with Crippen LogP contribution in [-0.2, 0) is 0 Å². The fraction of sp³-hybridized carbons (Fsp3) is 0. The van der Waals surface area contributed by atoms with Gasteiger partial charge < -0.3 is 15.5 Å². The molecule has 0 saturated heterocycles. The normalized spacial score (nSPS) is 10.8. The summed E-state index contributed by atoms with van der Waals surface area (Å²) in [5.74, 6) is -3.28. The number of nitrogens with one attached hydrogen (secondary N) is 3. The molecule has 4 rings (SSSR count). The van der Waals surface area contributed by atoms with Crippen LogP contribution in [0.1, 0.15) is 10.5 Å². The largest absolute Gasteiger partial charge is 0.419 e. The average Bonchev–Trinajstić information content (AvgIpc) is 3.29. The lowest BCUT2D eigenvalue weighted by Gasteiger charge is -2.05. The highest BCUT2D eigenvalue weighted by molar-refractivity contribution is 5.96. The minimum absolute atomic E-state index is 0.155. The smallest absolute Gasteiger partial charge is 0.273 e. The summed E-state index contributed by atoms with van der Waals surface area (Å²) in [6, 6.07) is 11.4. The Labute approximate surface area is 161 Å². The number of hydrogen-bond acceptors (Lipinski definition) is 5. The van der Waals surface area contributed by atoms with E-state index >= 15 is 0 Å². The Bertz CT molecular complexity index is 1240. The van der Waals surface area contributed by atoms with Crippen LogP contribution in [0.3, 0.4) is 0 Å². The summed E-state index contributed by atoms with van der Waals surface area (Å²) in [5, 5.41) is 7.98. The van der Waals surface area contributed by atoms with Crippen LogP contribution in [0, 0.1) is 11.6 Å². The van der Waals surface area contributed by atoms with Gasteiger partial charge in [0.2, 0.25) is 11.8 Å². The van der Waals surface area contributed by atoms with Crippen molar-refractivity contribution in [2.24, 2.45) is 5.73 Å². The zero-order valence-corrected chi connectivity index (χ0v) is 14.6. The molecule has 0 aliphatic carbocycles. The predicted molar refractivity (Wildman–Crippen MR) is 101 cm³/mol. The van der Waals surface area contributed by atoms with Crippen LogP contribution >= 0.6 is 0 Å². The number of aromatic nitrogens is 3. The molecule has 0 fully saturated rings. The number of rotatable bonds is 5. The molecular weight excluding hydrogens is 384 g/mol. The van der Waals surface area contributed by atoms with Gasteiger partial charge in [0.1, 0.15) is 17.2 Å². The molecule has 2 heterocycles. The SMILES string of the molecule is NC(=O)c1nc(-c2c(F)cccc2F)oc1Nc1ccc(-c2cc(=O)[nH][nH]2)cc1. The van der Waals surface area contributed by atoms with E-state index in [1.807, 2.05) is 0 Å². The summed E-state index contributed by atoms with van der Waals surface area (Å²) in [7, 11) is 0. The maximum atomic E-state index is 14.0. The van der Waals surface area contributed by atoms with Crippen LogP contribution < -0.4 is 16.6 Å². The fourth-order valence-electron chi connectivity index (χ4n) is 2.73. The first-order chi connectivity index (χ1) is 13.9. The molecule has 4 aromatic rings. The number of nitrogens with two attached hydrogens (primary N) is 1. The Hall–Kier alpha value is -4.21.